The lowest BCUT2D eigenvalue weighted by Crippen LogP contribution is -2.50. The second-order valence-corrected chi connectivity index (χ2v) is 7.78. The lowest BCUT2D eigenvalue weighted by molar-refractivity contribution is 0.0240. The third kappa shape index (κ3) is 3.64. The molecule has 1 aromatic heterocycles. The van der Waals surface area contributed by atoms with Gasteiger partial charge in [0.05, 0.1) is 0 Å². The van der Waals surface area contributed by atoms with Gasteiger partial charge in [-0.25, -0.2) is 9.78 Å². The van der Waals surface area contributed by atoms with E-state index in [1.807, 2.05) is 45.2 Å². The maximum Gasteiger partial charge on any atom is 0.410 e. The molecule has 0 radical (unpaired) electrons. The smallest absolute Gasteiger partial charge is 0.410 e. The summed E-state index contributed by atoms with van der Waals surface area (Å²) in [6.45, 7) is 8.44. The third-order valence-corrected chi connectivity index (χ3v) is 4.65. The number of carbonyl (C=O) groups excluding carboxylic acids is 1. The molecule has 0 bridgehead atoms. The van der Waals surface area contributed by atoms with Gasteiger partial charge in [-0.2, -0.15) is 0 Å². The molecule has 0 unspecified atom stereocenters. The number of amides is 1. The van der Waals surface area contributed by atoms with E-state index in [4.69, 9.17) is 4.74 Å². The number of hydrogen-bond acceptors (Lipinski definition) is 4. The maximum absolute atomic E-state index is 12.2. The van der Waals surface area contributed by atoms with Crippen LogP contribution in [0.3, 0.4) is 0 Å². The van der Waals surface area contributed by atoms with Crippen molar-refractivity contribution < 1.29 is 9.53 Å². The van der Waals surface area contributed by atoms with Gasteiger partial charge in [0.25, 0.3) is 0 Å². The van der Waals surface area contributed by atoms with E-state index in [-0.39, 0.29) is 6.09 Å². The Morgan fingerprint density at radius 1 is 1.12 bits per heavy atom. The quantitative estimate of drug-likeness (QED) is 0.735. The third-order valence-electron chi connectivity index (χ3n) is 3.96. The molecule has 128 valence electrons. The lowest BCUT2D eigenvalue weighted by Gasteiger charge is -2.36. The number of hydrogen-bond donors (Lipinski definition) is 0. The average molecular weight is 392 g/mol. The van der Waals surface area contributed by atoms with Crippen LogP contribution in [-0.2, 0) is 4.74 Å². The maximum atomic E-state index is 12.2. The van der Waals surface area contributed by atoms with Crippen molar-refractivity contribution in [2.24, 2.45) is 0 Å². The molecular weight excluding hydrogens is 370 g/mol. The van der Waals surface area contributed by atoms with Gasteiger partial charge in [0.15, 0.2) is 0 Å². The number of anilines is 1. The SMILES string of the molecule is CC(C)(C)OC(=O)N1CCN(c2nccc3c(Br)cccc23)CC1. The van der Waals surface area contributed by atoms with Gasteiger partial charge in [-0.15, -0.1) is 0 Å². The van der Waals surface area contributed by atoms with Crippen LogP contribution in [0.25, 0.3) is 10.8 Å². The summed E-state index contributed by atoms with van der Waals surface area (Å²) in [5, 5.41) is 2.27. The summed E-state index contributed by atoms with van der Waals surface area (Å²) < 4.78 is 6.52. The highest BCUT2D eigenvalue weighted by Gasteiger charge is 2.26. The Hall–Kier alpha value is -1.82. The molecule has 1 amide bonds. The van der Waals surface area contributed by atoms with E-state index in [1.54, 1.807) is 4.90 Å². The van der Waals surface area contributed by atoms with Crippen LogP contribution in [0.4, 0.5) is 10.6 Å². The van der Waals surface area contributed by atoms with Gasteiger partial charge in [-0.3, -0.25) is 0 Å². The fourth-order valence-electron chi connectivity index (χ4n) is 2.83. The molecule has 2 aromatic rings. The van der Waals surface area contributed by atoms with E-state index in [2.05, 4.69) is 31.9 Å². The van der Waals surface area contributed by atoms with Gasteiger partial charge in [-0.1, -0.05) is 28.1 Å². The predicted molar refractivity (Wildman–Crippen MR) is 99.5 cm³/mol. The number of benzene rings is 1. The van der Waals surface area contributed by atoms with Gasteiger partial charge in [0.2, 0.25) is 0 Å². The highest BCUT2D eigenvalue weighted by molar-refractivity contribution is 9.10. The van der Waals surface area contributed by atoms with Gasteiger partial charge >= 0.3 is 6.09 Å². The number of fused-ring (bicyclic) bond motifs is 1. The summed E-state index contributed by atoms with van der Waals surface area (Å²) in [5.41, 5.74) is -0.461. The molecule has 6 heteroatoms. The number of aromatic nitrogens is 1. The van der Waals surface area contributed by atoms with Crippen molar-refractivity contribution in [1.29, 1.82) is 0 Å². The van der Waals surface area contributed by atoms with Crippen LogP contribution in [0.15, 0.2) is 34.9 Å². The van der Waals surface area contributed by atoms with Crippen molar-refractivity contribution in [3.05, 3.63) is 34.9 Å². The van der Waals surface area contributed by atoms with Crippen molar-refractivity contribution in [3.63, 3.8) is 0 Å². The molecule has 5 nitrogen and oxygen atoms in total. The van der Waals surface area contributed by atoms with Crippen LogP contribution in [0.5, 0.6) is 0 Å². The molecule has 2 heterocycles. The van der Waals surface area contributed by atoms with E-state index >= 15 is 0 Å². The zero-order valence-corrected chi connectivity index (χ0v) is 15.8. The van der Waals surface area contributed by atoms with Gasteiger partial charge in [-0.05, 0) is 32.9 Å². The topological polar surface area (TPSA) is 45.7 Å². The number of ether oxygens (including phenoxy) is 1. The summed E-state index contributed by atoms with van der Waals surface area (Å²) in [6, 6.07) is 8.16. The first kappa shape index (κ1) is 17.0. The Balaban J connectivity index is 1.74. The zero-order chi connectivity index (χ0) is 17.3. The average Bonchev–Trinajstić information content (AvgIpc) is 2.53. The molecule has 24 heavy (non-hydrogen) atoms. The van der Waals surface area contributed by atoms with Crippen LogP contribution in [0.2, 0.25) is 0 Å². The Kier molecular flexibility index (Phi) is 4.67. The number of carbonyl (C=O) groups is 1. The molecular formula is C18H22BrN3O2. The van der Waals surface area contributed by atoms with Crippen LogP contribution >= 0.6 is 15.9 Å². The standard InChI is InChI=1S/C18H22BrN3O2/c1-18(2,3)24-17(23)22-11-9-21(10-12-22)16-14-5-4-6-15(19)13(14)7-8-20-16/h4-8H,9-12H2,1-3H3. The Morgan fingerprint density at radius 3 is 2.50 bits per heavy atom. The summed E-state index contributed by atoms with van der Waals surface area (Å²) in [4.78, 5) is 20.7. The number of nitrogens with zero attached hydrogens (tertiary/aromatic N) is 3. The van der Waals surface area contributed by atoms with Crippen LogP contribution < -0.4 is 4.90 Å². The Labute approximate surface area is 150 Å². The Bertz CT molecular complexity index is 750. The van der Waals surface area contributed by atoms with E-state index in [0.717, 1.165) is 34.2 Å². The van der Waals surface area contributed by atoms with Gasteiger partial charge in [0, 0.05) is 47.6 Å². The first-order chi connectivity index (χ1) is 11.3. The molecule has 1 aliphatic heterocycles. The largest absolute Gasteiger partial charge is 0.444 e. The van der Waals surface area contributed by atoms with E-state index in [9.17, 15) is 4.79 Å². The normalized spacial score (nSPS) is 15.7. The summed E-state index contributed by atoms with van der Waals surface area (Å²) in [7, 11) is 0. The highest BCUT2D eigenvalue weighted by Crippen LogP contribution is 2.30. The summed E-state index contributed by atoms with van der Waals surface area (Å²) >= 11 is 3.60. The summed E-state index contributed by atoms with van der Waals surface area (Å²) in [6.07, 6.45) is 1.60. The van der Waals surface area contributed by atoms with Crippen LogP contribution in [-0.4, -0.2) is 47.8 Å². The van der Waals surface area contributed by atoms with E-state index in [0.29, 0.717) is 13.1 Å². The molecule has 1 saturated heterocycles. The van der Waals surface area contributed by atoms with Crippen molar-refractivity contribution in [1.82, 2.24) is 9.88 Å². The molecule has 0 spiro atoms. The zero-order valence-electron chi connectivity index (χ0n) is 14.3. The van der Waals surface area contributed by atoms with Crippen LogP contribution in [0.1, 0.15) is 20.8 Å². The number of halogens is 1. The molecule has 0 saturated carbocycles. The molecule has 1 aliphatic rings. The van der Waals surface area contributed by atoms with Gasteiger partial charge < -0.3 is 14.5 Å². The van der Waals surface area contributed by atoms with Gasteiger partial charge in [0.1, 0.15) is 11.4 Å². The minimum atomic E-state index is -0.461. The minimum absolute atomic E-state index is 0.240. The van der Waals surface area contributed by atoms with Crippen LogP contribution in [0, 0.1) is 0 Å². The molecule has 3 rings (SSSR count). The second-order valence-electron chi connectivity index (χ2n) is 6.92. The fourth-order valence-corrected chi connectivity index (χ4v) is 3.33. The van der Waals surface area contributed by atoms with Crippen molar-refractivity contribution >= 4 is 38.6 Å². The number of piperazine rings is 1. The monoisotopic (exact) mass is 391 g/mol. The van der Waals surface area contributed by atoms with Crippen molar-refractivity contribution in [3.8, 4) is 0 Å². The number of rotatable bonds is 1. The highest BCUT2D eigenvalue weighted by atomic mass is 79.9. The summed E-state index contributed by atoms with van der Waals surface area (Å²) in [5.74, 6) is 0.970. The molecule has 0 aliphatic carbocycles. The first-order valence-electron chi connectivity index (χ1n) is 8.11. The lowest BCUT2D eigenvalue weighted by atomic mass is 10.1. The molecule has 1 aromatic carbocycles. The first-order valence-corrected chi connectivity index (χ1v) is 8.90. The van der Waals surface area contributed by atoms with Crippen molar-refractivity contribution in [2.75, 3.05) is 31.1 Å². The molecule has 0 N–H and O–H groups in total. The molecule has 1 fully saturated rings. The fraction of sp³-hybridized carbons (Fsp3) is 0.444. The molecule has 0 atom stereocenters. The minimum Gasteiger partial charge on any atom is -0.444 e. The van der Waals surface area contributed by atoms with Crippen molar-refractivity contribution in [2.45, 2.75) is 26.4 Å². The van der Waals surface area contributed by atoms with E-state index < -0.39 is 5.60 Å². The second kappa shape index (κ2) is 6.59. The van der Waals surface area contributed by atoms with E-state index in [1.165, 1.54) is 0 Å². The predicted octanol–water partition coefficient (Wildman–Crippen LogP) is 4.05. The Morgan fingerprint density at radius 2 is 1.83 bits per heavy atom. The number of pyridine rings is 1.